The Hall–Kier alpha value is -0.530. The van der Waals surface area contributed by atoms with Gasteiger partial charge in [-0.15, -0.1) is 0 Å². The minimum Gasteiger partial charge on any atom is -0.459 e. The molecule has 264 valence electrons. The molecule has 44 heavy (non-hydrogen) atoms. The van der Waals surface area contributed by atoms with Crippen molar-refractivity contribution in [3.63, 3.8) is 0 Å². The van der Waals surface area contributed by atoms with Crippen LogP contribution in [0.5, 0.6) is 0 Å². The normalized spacial score (nSPS) is 12.9. The van der Waals surface area contributed by atoms with E-state index in [0.717, 1.165) is 32.1 Å². The van der Waals surface area contributed by atoms with Crippen molar-refractivity contribution in [2.45, 2.75) is 264 Å². The highest BCUT2D eigenvalue weighted by Gasteiger charge is 2.27. The first-order valence-electron chi connectivity index (χ1n) is 20.8. The number of carbonyl (C=O) groups is 1. The molecule has 0 aromatic rings. The van der Waals surface area contributed by atoms with E-state index in [9.17, 15) is 4.79 Å². The van der Waals surface area contributed by atoms with Crippen LogP contribution in [0.4, 0.5) is 0 Å². The van der Waals surface area contributed by atoms with Gasteiger partial charge in [-0.3, -0.25) is 4.79 Å². The Balaban J connectivity index is 3.95. The lowest BCUT2D eigenvalue weighted by Gasteiger charge is -2.30. The van der Waals surface area contributed by atoms with Gasteiger partial charge in [0.25, 0.3) is 0 Å². The second-order valence-electron chi connectivity index (χ2n) is 14.8. The van der Waals surface area contributed by atoms with Crippen molar-refractivity contribution < 1.29 is 9.53 Å². The van der Waals surface area contributed by atoms with Crippen LogP contribution >= 0.6 is 0 Å². The molecule has 0 bridgehead atoms. The molecule has 0 heterocycles. The maximum atomic E-state index is 12.6. The summed E-state index contributed by atoms with van der Waals surface area (Å²) in [5.74, 6) is 0.0443. The highest BCUT2D eigenvalue weighted by atomic mass is 16.6. The average Bonchev–Trinajstić information content (AvgIpc) is 3.01. The van der Waals surface area contributed by atoms with Crippen LogP contribution < -0.4 is 0 Å². The SMILES string of the molecule is CCCCCCCCCCCCCCCCCCC(C)(CCCCCCCCCCCCCCCC)OC(=O)CCCCC. The van der Waals surface area contributed by atoms with Gasteiger partial charge in [-0.25, -0.2) is 0 Å². The van der Waals surface area contributed by atoms with Crippen LogP contribution in [0, 0.1) is 0 Å². The van der Waals surface area contributed by atoms with Crippen molar-refractivity contribution in [3.8, 4) is 0 Å². The average molecular weight is 621 g/mol. The second-order valence-corrected chi connectivity index (χ2v) is 14.8. The van der Waals surface area contributed by atoms with Crippen LogP contribution in [0.15, 0.2) is 0 Å². The highest BCUT2D eigenvalue weighted by molar-refractivity contribution is 5.69. The van der Waals surface area contributed by atoms with Crippen LogP contribution in [0.3, 0.4) is 0 Å². The summed E-state index contributed by atoms with van der Waals surface area (Å²) in [5.41, 5.74) is -0.254. The van der Waals surface area contributed by atoms with Crippen molar-refractivity contribution in [1.29, 1.82) is 0 Å². The Morgan fingerprint density at radius 2 is 0.591 bits per heavy atom. The Labute approximate surface area is 279 Å². The molecule has 0 rings (SSSR count). The first-order chi connectivity index (χ1) is 21.6. The van der Waals surface area contributed by atoms with Crippen molar-refractivity contribution in [2.75, 3.05) is 0 Å². The van der Waals surface area contributed by atoms with Crippen LogP contribution in [-0.2, 0) is 9.53 Å². The second kappa shape index (κ2) is 35.3. The van der Waals surface area contributed by atoms with Crippen molar-refractivity contribution in [3.05, 3.63) is 0 Å². The molecule has 0 N–H and O–H groups in total. The van der Waals surface area contributed by atoms with Crippen molar-refractivity contribution in [2.24, 2.45) is 0 Å². The van der Waals surface area contributed by atoms with Gasteiger partial charge in [0.15, 0.2) is 0 Å². The van der Waals surface area contributed by atoms with E-state index < -0.39 is 0 Å². The van der Waals surface area contributed by atoms with Gasteiger partial charge in [0.1, 0.15) is 5.60 Å². The van der Waals surface area contributed by atoms with Crippen molar-refractivity contribution >= 4 is 5.97 Å². The lowest BCUT2D eigenvalue weighted by Crippen LogP contribution is -2.32. The third kappa shape index (κ3) is 32.9. The van der Waals surface area contributed by atoms with Gasteiger partial charge in [0.2, 0.25) is 0 Å². The number of unbranched alkanes of at least 4 members (excludes halogenated alkanes) is 30. The third-order valence-corrected chi connectivity index (χ3v) is 9.96. The topological polar surface area (TPSA) is 26.3 Å². The molecule has 0 aliphatic rings. The molecular formula is C42H84O2. The summed E-state index contributed by atoms with van der Waals surface area (Å²) in [6.45, 7) is 9.03. The van der Waals surface area contributed by atoms with Gasteiger partial charge >= 0.3 is 5.97 Å². The summed E-state index contributed by atoms with van der Waals surface area (Å²) in [6, 6.07) is 0. The maximum absolute atomic E-state index is 12.6. The molecule has 0 aliphatic carbocycles. The molecule has 0 aromatic heterocycles. The Kier molecular flexibility index (Phi) is 34.9. The molecule has 1 atom stereocenters. The van der Waals surface area contributed by atoms with E-state index in [1.165, 1.54) is 193 Å². The molecule has 1 unspecified atom stereocenters. The largest absolute Gasteiger partial charge is 0.459 e. The van der Waals surface area contributed by atoms with Crippen molar-refractivity contribution in [1.82, 2.24) is 0 Å². The third-order valence-electron chi connectivity index (χ3n) is 9.96. The lowest BCUT2D eigenvalue weighted by molar-refractivity contribution is -0.160. The van der Waals surface area contributed by atoms with Gasteiger partial charge in [-0.05, 0) is 39.0 Å². The Morgan fingerprint density at radius 3 is 0.864 bits per heavy atom. The summed E-state index contributed by atoms with van der Waals surface area (Å²) in [6.07, 6.45) is 47.8. The molecule has 0 saturated heterocycles. The number of ether oxygens (including phenoxy) is 1. The molecule has 0 spiro atoms. The summed E-state index contributed by atoms with van der Waals surface area (Å²) in [4.78, 5) is 12.6. The zero-order valence-corrected chi connectivity index (χ0v) is 31.3. The Morgan fingerprint density at radius 1 is 0.364 bits per heavy atom. The minimum absolute atomic E-state index is 0.0443. The van der Waals surface area contributed by atoms with Gasteiger partial charge in [-0.2, -0.15) is 0 Å². The zero-order chi connectivity index (χ0) is 32.2. The molecule has 0 radical (unpaired) electrons. The number of hydrogen-bond acceptors (Lipinski definition) is 2. The van der Waals surface area contributed by atoms with E-state index in [0.29, 0.717) is 6.42 Å². The number of hydrogen-bond donors (Lipinski definition) is 0. The number of carbonyl (C=O) groups excluding carboxylic acids is 1. The quantitative estimate of drug-likeness (QED) is 0.0510. The van der Waals surface area contributed by atoms with Crippen LogP contribution in [0.25, 0.3) is 0 Å². The molecule has 0 aliphatic heterocycles. The molecule has 2 nitrogen and oxygen atoms in total. The maximum Gasteiger partial charge on any atom is 0.306 e. The first-order valence-corrected chi connectivity index (χ1v) is 20.8. The predicted molar refractivity (Wildman–Crippen MR) is 198 cm³/mol. The standard InChI is InChI=1S/C42H84O2/c1-5-8-11-13-15-17-19-21-23-24-26-28-30-32-34-37-40-42(4,44-41(43)38-35-10-7-3)39-36-33-31-29-27-25-22-20-18-16-14-12-9-6-2/h5-40H2,1-4H3. The van der Waals surface area contributed by atoms with Crippen LogP contribution in [-0.4, -0.2) is 11.6 Å². The van der Waals surface area contributed by atoms with E-state index in [4.69, 9.17) is 4.74 Å². The van der Waals surface area contributed by atoms with E-state index in [-0.39, 0.29) is 11.6 Å². The minimum atomic E-state index is -0.254. The first kappa shape index (κ1) is 43.5. The number of esters is 1. The molecule has 2 heteroatoms. The molecular weight excluding hydrogens is 536 g/mol. The highest BCUT2D eigenvalue weighted by Crippen LogP contribution is 2.28. The van der Waals surface area contributed by atoms with Crippen LogP contribution in [0.1, 0.15) is 259 Å². The zero-order valence-electron chi connectivity index (χ0n) is 31.3. The number of rotatable bonds is 37. The fraction of sp³-hybridized carbons (Fsp3) is 0.976. The van der Waals surface area contributed by atoms with Gasteiger partial charge in [0, 0.05) is 6.42 Å². The molecule has 0 aromatic carbocycles. The van der Waals surface area contributed by atoms with E-state index in [1.54, 1.807) is 0 Å². The summed E-state index contributed by atoms with van der Waals surface area (Å²) >= 11 is 0. The van der Waals surface area contributed by atoms with Gasteiger partial charge < -0.3 is 4.74 Å². The molecule has 0 saturated carbocycles. The van der Waals surface area contributed by atoms with E-state index >= 15 is 0 Å². The fourth-order valence-corrected chi connectivity index (χ4v) is 6.81. The van der Waals surface area contributed by atoms with Gasteiger partial charge in [-0.1, -0.05) is 213 Å². The predicted octanol–water partition coefficient (Wildman–Crippen LogP) is 15.4. The van der Waals surface area contributed by atoms with Gasteiger partial charge in [0.05, 0.1) is 0 Å². The summed E-state index contributed by atoms with van der Waals surface area (Å²) in [7, 11) is 0. The smallest absolute Gasteiger partial charge is 0.306 e. The van der Waals surface area contributed by atoms with E-state index in [1.807, 2.05) is 0 Å². The van der Waals surface area contributed by atoms with Crippen LogP contribution in [0.2, 0.25) is 0 Å². The monoisotopic (exact) mass is 621 g/mol. The molecule has 0 amide bonds. The Bertz CT molecular complexity index is 558. The van der Waals surface area contributed by atoms with E-state index in [2.05, 4.69) is 27.7 Å². The lowest BCUT2D eigenvalue weighted by atomic mass is 9.91. The molecule has 0 fully saturated rings. The fourth-order valence-electron chi connectivity index (χ4n) is 6.81. The summed E-state index contributed by atoms with van der Waals surface area (Å²) < 4.78 is 6.18. The summed E-state index contributed by atoms with van der Waals surface area (Å²) in [5, 5.41) is 0.